The van der Waals surface area contributed by atoms with Crippen molar-refractivity contribution in [1.82, 2.24) is 4.98 Å². The zero-order valence-corrected chi connectivity index (χ0v) is 9.63. The van der Waals surface area contributed by atoms with Gasteiger partial charge in [0.05, 0.1) is 16.8 Å². The third-order valence-electron chi connectivity index (χ3n) is 2.41. The summed E-state index contributed by atoms with van der Waals surface area (Å²) < 4.78 is 13.3. The fraction of sp³-hybridized carbons (Fsp3) is 0. The van der Waals surface area contributed by atoms with E-state index >= 15 is 0 Å². The molecule has 96 valence electrons. The van der Waals surface area contributed by atoms with Crippen molar-refractivity contribution in [2.45, 2.75) is 0 Å². The quantitative estimate of drug-likeness (QED) is 0.829. The highest BCUT2D eigenvalue weighted by Crippen LogP contribution is 2.16. The molecule has 2 N–H and O–H groups in total. The normalized spacial score (nSPS) is 9.95. The Bertz CT molecular complexity index is 643. The molecule has 6 heteroatoms. The van der Waals surface area contributed by atoms with Gasteiger partial charge in [-0.3, -0.25) is 4.79 Å². The van der Waals surface area contributed by atoms with Crippen LogP contribution in [0, 0.1) is 5.95 Å². The number of hydrogen-bond donors (Lipinski definition) is 2. The number of anilines is 1. The van der Waals surface area contributed by atoms with Gasteiger partial charge in [-0.2, -0.15) is 4.39 Å². The Morgan fingerprint density at radius 1 is 1.11 bits per heavy atom. The van der Waals surface area contributed by atoms with E-state index in [1.54, 1.807) is 6.07 Å². The van der Waals surface area contributed by atoms with E-state index < -0.39 is 17.8 Å². The van der Waals surface area contributed by atoms with Gasteiger partial charge in [0, 0.05) is 6.20 Å². The Hall–Kier alpha value is -2.76. The molecule has 1 aromatic carbocycles. The van der Waals surface area contributed by atoms with E-state index in [9.17, 15) is 14.0 Å². The molecule has 0 radical (unpaired) electrons. The van der Waals surface area contributed by atoms with Crippen LogP contribution in [0.3, 0.4) is 0 Å². The maximum absolute atomic E-state index is 13.3. The van der Waals surface area contributed by atoms with Gasteiger partial charge in [-0.1, -0.05) is 12.1 Å². The van der Waals surface area contributed by atoms with Crippen molar-refractivity contribution in [2.75, 3.05) is 5.32 Å². The minimum Gasteiger partial charge on any atom is -0.478 e. The van der Waals surface area contributed by atoms with Crippen LogP contribution >= 0.6 is 0 Å². The number of carbonyl (C=O) groups is 2. The third-order valence-corrected chi connectivity index (χ3v) is 2.41. The number of carboxylic acid groups (broad SMARTS) is 1. The topological polar surface area (TPSA) is 79.3 Å². The number of aromatic nitrogens is 1. The highest BCUT2D eigenvalue weighted by molar-refractivity contribution is 6.07. The van der Waals surface area contributed by atoms with E-state index in [0.29, 0.717) is 0 Å². The molecule has 0 unspecified atom stereocenters. The standard InChI is InChI=1S/C13H9FN2O3/c14-11-9(5-3-7-15-11)12(17)16-10-6-2-1-4-8(10)13(18)19/h1-7H,(H,16,17)(H,18,19). The molecule has 2 rings (SSSR count). The zero-order chi connectivity index (χ0) is 13.8. The molecule has 0 bridgehead atoms. The number of nitrogens with one attached hydrogen (secondary N) is 1. The van der Waals surface area contributed by atoms with Crippen LogP contribution in [0.15, 0.2) is 42.6 Å². The van der Waals surface area contributed by atoms with Gasteiger partial charge in [0.25, 0.3) is 5.91 Å². The van der Waals surface area contributed by atoms with Gasteiger partial charge in [-0.05, 0) is 24.3 Å². The van der Waals surface area contributed by atoms with Crippen LogP contribution in [0.5, 0.6) is 0 Å². The summed E-state index contributed by atoms with van der Waals surface area (Å²) in [5.74, 6) is -2.84. The number of nitrogens with zero attached hydrogens (tertiary/aromatic N) is 1. The second kappa shape index (κ2) is 5.26. The molecule has 0 saturated carbocycles. The smallest absolute Gasteiger partial charge is 0.337 e. The number of amides is 1. The molecular formula is C13H9FN2O3. The monoisotopic (exact) mass is 260 g/mol. The Morgan fingerprint density at radius 2 is 1.79 bits per heavy atom. The molecule has 0 spiro atoms. The van der Waals surface area contributed by atoms with Gasteiger partial charge in [0.15, 0.2) is 0 Å². The second-order valence-corrected chi connectivity index (χ2v) is 3.65. The molecule has 1 heterocycles. The Labute approximate surface area is 107 Å². The third kappa shape index (κ3) is 2.74. The Kier molecular flexibility index (Phi) is 3.51. The predicted octanol–water partition coefficient (Wildman–Crippen LogP) is 2.17. The predicted molar refractivity (Wildman–Crippen MR) is 65.5 cm³/mol. The van der Waals surface area contributed by atoms with E-state index in [1.807, 2.05) is 0 Å². The molecule has 2 aromatic rings. The number of para-hydroxylation sites is 1. The SMILES string of the molecule is O=C(O)c1ccccc1NC(=O)c1cccnc1F. The van der Waals surface area contributed by atoms with Crippen LogP contribution in [0.4, 0.5) is 10.1 Å². The van der Waals surface area contributed by atoms with E-state index in [2.05, 4.69) is 10.3 Å². The first-order chi connectivity index (χ1) is 9.09. The summed E-state index contributed by atoms with van der Waals surface area (Å²) in [5, 5.41) is 11.3. The molecule has 0 saturated heterocycles. The Morgan fingerprint density at radius 3 is 2.47 bits per heavy atom. The number of hydrogen-bond acceptors (Lipinski definition) is 3. The first-order valence-corrected chi connectivity index (χ1v) is 5.34. The van der Waals surface area contributed by atoms with Gasteiger partial charge in [-0.15, -0.1) is 0 Å². The van der Waals surface area contributed by atoms with Crippen LogP contribution in [0.1, 0.15) is 20.7 Å². The summed E-state index contributed by atoms with van der Waals surface area (Å²) in [7, 11) is 0. The lowest BCUT2D eigenvalue weighted by molar-refractivity contribution is 0.0698. The summed E-state index contributed by atoms with van der Waals surface area (Å²) in [6.07, 6.45) is 1.22. The molecule has 19 heavy (non-hydrogen) atoms. The van der Waals surface area contributed by atoms with Crippen LogP contribution in [0.25, 0.3) is 0 Å². The van der Waals surface area contributed by atoms with Crippen LogP contribution in [-0.2, 0) is 0 Å². The minimum absolute atomic E-state index is 0.0693. The lowest BCUT2D eigenvalue weighted by atomic mass is 10.1. The number of pyridine rings is 1. The van der Waals surface area contributed by atoms with Crippen LogP contribution < -0.4 is 5.32 Å². The molecule has 0 aliphatic carbocycles. The van der Waals surface area contributed by atoms with E-state index in [-0.39, 0.29) is 16.8 Å². The highest BCUT2D eigenvalue weighted by Gasteiger charge is 2.15. The van der Waals surface area contributed by atoms with E-state index in [1.165, 1.54) is 36.5 Å². The van der Waals surface area contributed by atoms with Crippen molar-refractivity contribution in [3.63, 3.8) is 0 Å². The summed E-state index contributed by atoms with van der Waals surface area (Å²) in [6, 6.07) is 8.56. The van der Waals surface area contributed by atoms with Crippen molar-refractivity contribution in [2.24, 2.45) is 0 Å². The summed E-state index contributed by atoms with van der Waals surface area (Å²) in [4.78, 5) is 26.2. The molecule has 0 aliphatic rings. The molecule has 5 nitrogen and oxygen atoms in total. The summed E-state index contributed by atoms with van der Waals surface area (Å²) in [6.45, 7) is 0. The number of carboxylic acids is 1. The van der Waals surface area contributed by atoms with Gasteiger partial charge in [-0.25, -0.2) is 9.78 Å². The van der Waals surface area contributed by atoms with Gasteiger partial charge in [0.1, 0.15) is 0 Å². The lowest BCUT2D eigenvalue weighted by Gasteiger charge is -2.08. The molecule has 0 atom stereocenters. The maximum atomic E-state index is 13.3. The molecule has 1 aromatic heterocycles. The molecule has 1 amide bonds. The van der Waals surface area contributed by atoms with Crippen LogP contribution in [0.2, 0.25) is 0 Å². The van der Waals surface area contributed by atoms with Crippen molar-refractivity contribution < 1.29 is 19.1 Å². The minimum atomic E-state index is -1.18. The first kappa shape index (κ1) is 12.7. The van der Waals surface area contributed by atoms with Crippen molar-refractivity contribution in [3.05, 3.63) is 59.7 Å². The van der Waals surface area contributed by atoms with Gasteiger partial charge < -0.3 is 10.4 Å². The van der Waals surface area contributed by atoms with E-state index in [0.717, 1.165) is 0 Å². The average molecular weight is 260 g/mol. The average Bonchev–Trinajstić information content (AvgIpc) is 2.39. The summed E-state index contributed by atoms with van der Waals surface area (Å²) >= 11 is 0. The number of carbonyl (C=O) groups excluding carboxylic acids is 1. The van der Waals surface area contributed by atoms with Crippen molar-refractivity contribution >= 4 is 17.6 Å². The van der Waals surface area contributed by atoms with Crippen LogP contribution in [-0.4, -0.2) is 22.0 Å². The lowest BCUT2D eigenvalue weighted by Crippen LogP contribution is -2.16. The van der Waals surface area contributed by atoms with Crippen molar-refractivity contribution in [3.8, 4) is 0 Å². The number of aromatic carboxylic acids is 1. The zero-order valence-electron chi connectivity index (χ0n) is 9.63. The Balaban J connectivity index is 2.30. The fourth-order valence-electron chi connectivity index (χ4n) is 1.52. The number of rotatable bonds is 3. The molecule has 0 aliphatic heterocycles. The van der Waals surface area contributed by atoms with Crippen molar-refractivity contribution in [1.29, 1.82) is 0 Å². The largest absolute Gasteiger partial charge is 0.478 e. The summed E-state index contributed by atoms with van der Waals surface area (Å²) in [5.41, 5.74) is -0.217. The maximum Gasteiger partial charge on any atom is 0.337 e. The first-order valence-electron chi connectivity index (χ1n) is 5.34. The number of benzene rings is 1. The molecule has 0 fully saturated rings. The van der Waals surface area contributed by atoms with Gasteiger partial charge >= 0.3 is 5.97 Å². The fourth-order valence-corrected chi connectivity index (χ4v) is 1.52. The van der Waals surface area contributed by atoms with Gasteiger partial charge in [0.2, 0.25) is 5.95 Å². The van der Waals surface area contributed by atoms with E-state index in [4.69, 9.17) is 5.11 Å². The second-order valence-electron chi connectivity index (χ2n) is 3.65. The number of halogens is 1. The molecular weight excluding hydrogens is 251 g/mol. The highest BCUT2D eigenvalue weighted by atomic mass is 19.1.